The summed E-state index contributed by atoms with van der Waals surface area (Å²) in [5, 5.41) is 9.29. The molecule has 1 N–H and O–H groups in total. The van der Waals surface area contributed by atoms with Crippen LogP contribution in [0, 0.1) is 5.92 Å². The molecule has 10 heavy (non-hydrogen) atoms. The van der Waals surface area contributed by atoms with Crippen LogP contribution in [0.2, 0.25) is 0 Å². The van der Waals surface area contributed by atoms with Crippen molar-refractivity contribution in [2.45, 2.75) is 26.7 Å². The van der Waals surface area contributed by atoms with E-state index in [1.807, 2.05) is 13.8 Å². The zero-order chi connectivity index (χ0) is 7.72. The maximum atomic E-state index is 11.0. The van der Waals surface area contributed by atoms with E-state index in [2.05, 4.69) is 0 Å². The Hall–Kier alpha value is -0.790. The van der Waals surface area contributed by atoms with Crippen molar-refractivity contribution >= 4 is 5.78 Å². The van der Waals surface area contributed by atoms with Crippen molar-refractivity contribution in [2.24, 2.45) is 5.92 Å². The summed E-state index contributed by atoms with van der Waals surface area (Å²) in [6.45, 7) is 3.76. The summed E-state index contributed by atoms with van der Waals surface area (Å²) in [7, 11) is 0. The quantitative estimate of drug-likeness (QED) is 0.603. The molecule has 1 atom stereocenters. The molecule has 0 aromatic rings. The lowest BCUT2D eigenvalue weighted by Crippen LogP contribution is -1.94. The molecule has 1 aliphatic rings. The van der Waals surface area contributed by atoms with Crippen molar-refractivity contribution in [1.82, 2.24) is 0 Å². The molecule has 0 amide bonds. The van der Waals surface area contributed by atoms with E-state index in [9.17, 15) is 9.90 Å². The van der Waals surface area contributed by atoms with Gasteiger partial charge in [-0.1, -0.05) is 13.8 Å². The third-order valence-electron chi connectivity index (χ3n) is 1.96. The molecule has 0 saturated carbocycles. The molecule has 0 saturated heterocycles. The van der Waals surface area contributed by atoms with Gasteiger partial charge >= 0.3 is 0 Å². The maximum absolute atomic E-state index is 11.0. The molecule has 0 heterocycles. The number of allylic oxidation sites excluding steroid dienone is 2. The molecule has 0 aromatic heterocycles. The van der Waals surface area contributed by atoms with Gasteiger partial charge in [-0.25, -0.2) is 0 Å². The first-order valence-electron chi connectivity index (χ1n) is 3.62. The molecule has 0 fully saturated rings. The van der Waals surface area contributed by atoms with Gasteiger partial charge in [-0.2, -0.15) is 0 Å². The molecule has 0 spiro atoms. The number of aliphatic hydroxyl groups is 1. The van der Waals surface area contributed by atoms with Crippen molar-refractivity contribution in [2.75, 3.05) is 0 Å². The smallest absolute Gasteiger partial charge is 0.162 e. The molecule has 0 aliphatic heterocycles. The Labute approximate surface area is 60.6 Å². The van der Waals surface area contributed by atoms with Gasteiger partial charge in [0.05, 0.1) is 0 Å². The van der Waals surface area contributed by atoms with Gasteiger partial charge in [0.2, 0.25) is 0 Å². The third kappa shape index (κ3) is 0.939. The molecular weight excluding hydrogens is 128 g/mol. The SMILES string of the molecule is CCC1=C(O)C(C)CC1=O. The number of carbonyl (C=O) groups is 1. The van der Waals surface area contributed by atoms with Crippen molar-refractivity contribution < 1.29 is 9.90 Å². The maximum Gasteiger partial charge on any atom is 0.162 e. The van der Waals surface area contributed by atoms with E-state index in [0.29, 0.717) is 24.2 Å². The fraction of sp³-hybridized carbons (Fsp3) is 0.625. The van der Waals surface area contributed by atoms with Gasteiger partial charge in [0.1, 0.15) is 5.76 Å². The summed E-state index contributed by atoms with van der Waals surface area (Å²) in [4.78, 5) is 11.0. The van der Waals surface area contributed by atoms with Gasteiger partial charge in [-0.05, 0) is 6.42 Å². The Morgan fingerprint density at radius 2 is 2.30 bits per heavy atom. The Bertz CT molecular complexity index is 191. The Morgan fingerprint density at radius 3 is 2.50 bits per heavy atom. The van der Waals surface area contributed by atoms with Crippen LogP contribution in [0.15, 0.2) is 11.3 Å². The summed E-state index contributed by atoms with van der Waals surface area (Å²) in [5.41, 5.74) is 0.632. The van der Waals surface area contributed by atoms with E-state index in [4.69, 9.17) is 0 Å². The highest BCUT2D eigenvalue weighted by molar-refractivity contribution is 5.98. The van der Waals surface area contributed by atoms with Gasteiger partial charge < -0.3 is 5.11 Å². The first kappa shape index (κ1) is 7.32. The minimum atomic E-state index is 0.0578. The summed E-state index contributed by atoms with van der Waals surface area (Å²) in [6.07, 6.45) is 1.16. The monoisotopic (exact) mass is 140 g/mol. The van der Waals surface area contributed by atoms with E-state index in [1.54, 1.807) is 0 Å². The first-order valence-corrected chi connectivity index (χ1v) is 3.62. The minimum absolute atomic E-state index is 0.0578. The highest BCUT2D eigenvalue weighted by Gasteiger charge is 2.27. The second kappa shape index (κ2) is 2.45. The van der Waals surface area contributed by atoms with Crippen LogP contribution >= 0.6 is 0 Å². The van der Waals surface area contributed by atoms with Crippen LogP contribution in [0.4, 0.5) is 0 Å². The minimum Gasteiger partial charge on any atom is -0.512 e. The number of Topliss-reactive ketones (excluding diaryl/α,β-unsaturated/α-hetero) is 1. The zero-order valence-electron chi connectivity index (χ0n) is 6.35. The van der Waals surface area contributed by atoms with Crippen molar-refractivity contribution in [1.29, 1.82) is 0 Å². The van der Waals surface area contributed by atoms with E-state index in [1.165, 1.54) is 0 Å². The topological polar surface area (TPSA) is 37.3 Å². The lowest BCUT2D eigenvalue weighted by atomic mass is 10.1. The van der Waals surface area contributed by atoms with E-state index in [0.717, 1.165) is 0 Å². The Kier molecular flexibility index (Phi) is 1.79. The molecule has 2 heteroatoms. The molecule has 2 nitrogen and oxygen atoms in total. The molecule has 0 bridgehead atoms. The Balaban J connectivity index is 2.90. The van der Waals surface area contributed by atoms with Crippen molar-refractivity contribution in [3.63, 3.8) is 0 Å². The van der Waals surface area contributed by atoms with Crippen LogP contribution < -0.4 is 0 Å². The third-order valence-corrected chi connectivity index (χ3v) is 1.96. The summed E-state index contributed by atoms with van der Waals surface area (Å²) in [6, 6.07) is 0. The highest BCUT2D eigenvalue weighted by atomic mass is 16.3. The van der Waals surface area contributed by atoms with Gasteiger partial charge in [-0.15, -0.1) is 0 Å². The molecule has 1 rings (SSSR count). The number of hydrogen-bond acceptors (Lipinski definition) is 2. The van der Waals surface area contributed by atoms with Crippen LogP contribution in [-0.2, 0) is 4.79 Å². The lowest BCUT2D eigenvalue weighted by molar-refractivity contribution is -0.115. The average Bonchev–Trinajstić information content (AvgIpc) is 2.09. The number of hydrogen-bond donors (Lipinski definition) is 1. The van der Waals surface area contributed by atoms with Crippen LogP contribution in [0.1, 0.15) is 26.7 Å². The number of rotatable bonds is 1. The molecule has 56 valence electrons. The predicted molar refractivity (Wildman–Crippen MR) is 38.7 cm³/mol. The van der Waals surface area contributed by atoms with Crippen molar-refractivity contribution in [3.05, 3.63) is 11.3 Å². The molecule has 1 aliphatic carbocycles. The van der Waals surface area contributed by atoms with E-state index < -0.39 is 0 Å². The van der Waals surface area contributed by atoms with Gasteiger partial charge in [0.25, 0.3) is 0 Å². The summed E-state index contributed by atoms with van der Waals surface area (Å²) >= 11 is 0. The molecule has 0 aromatic carbocycles. The zero-order valence-corrected chi connectivity index (χ0v) is 6.35. The largest absolute Gasteiger partial charge is 0.512 e. The van der Waals surface area contributed by atoms with Crippen LogP contribution in [0.25, 0.3) is 0 Å². The van der Waals surface area contributed by atoms with E-state index >= 15 is 0 Å². The van der Waals surface area contributed by atoms with Crippen LogP contribution in [0.5, 0.6) is 0 Å². The normalized spacial score (nSPS) is 26.2. The number of ketones is 1. The summed E-state index contributed by atoms with van der Waals surface area (Å²) in [5.74, 6) is 0.488. The number of carbonyl (C=O) groups excluding carboxylic acids is 1. The number of aliphatic hydroxyl groups excluding tert-OH is 1. The fourth-order valence-corrected chi connectivity index (χ4v) is 1.32. The van der Waals surface area contributed by atoms with Crippen molar-refractivity contribution in [3.8, 4) is 0 Å². The molecule has 1 unspecified atom stereocenters. The van der Waals surface area contributed by atoms with Gasteiger partial charge in [-0.3, -0.25) is 4.79 Å². The molecule has 0 radical (unpaired) electrons. The average molecular weight is 140 g/mol. The second-order valence-electron chi connectivity index (χ2n) is 2.75. The van der Waals surface area contributed by atoms with Crippen LogP contribution in [-0.4, -0.2) is 10.9 Å². The second-order valence-corrected chi connectivity index (χ2v) is 2.75. The Morgan fingerprint density at radius 1 is 1.70 bits per heavy atom. The fourth-order valence-electron chi connectivity index (χ4n) is 1.32. The van der Waals surface area contributed by atoms with Gasteiger partial charge in [0.15, 0.2) is 5.78 Å². The van der Waals surface area contributed by atoms with Crippen LogP contribution in [0.3, 0.4) is 0 Å². The lowest BCUT2D eigenvalue weighted by Gasteiger charge is -1.98. The molecular formula is C8H12O2. The standard InChI is InChI=1S/C8H12O2/c1-3-6-7(9)4-5(2)8(6)10/h5,10H,3-4H2,1-2H3. The first-order chi connectivity index (χ1) is 4.66. The van der Waals surface area contributed by atoms with E-state index in [-0.39, 0.29) is 11.7 Å². The summed E-state index contributed by atoms with van der Waals surface area (Å²) < 4.78 is 0. The van der Waals surface area contributed by atoms with Gasteiger partial charge in [0, 0.05) is 17.9 Å². The highest BCUT2D eigenvalue weighted by Crippen LogP contribution is 2.28. The predicted octanol–water partition coefficient (Wildman–Crippen LogP) is 1.82.